The van der Waals surface area contributed by atoms with E-state index in [9.17, 15) is 4.79 Å². The topological polar surface area (TPSA) is 80.6 Å². The van der Waals surface area contributed by atoms with Gasteiger partial charge in [-0.05, 0) is 55.2 Å². The Balaban J connectivity index is 2.18. The molecule has 1 aliphatic rings. The Hall–Kier alpha value is -2.21. The Bertz CT molecular complexity index is 912. The van der Waals surface area contributed by atoms with Crippen molar-refractivity contribution in [3.63, 3.8) is 0 Å². The summed E-state index contributed by atoms with van der Waals surface area (Å²) >= 11 is 1.75. The maximum absolute atomic E-state index is 12.7. The van der Waals surface area contributed by atoms with Gasteiger partial charge in [-0.25, -0.2) is 0 Å². The zero-order valence-electron chi connectivity index (χ0n) is 16.4. The predicted octanol–water partition coefficient (Wildman–Crippen LogP) is 4.54. The molecule has 0 saturated carbocycles. The highest BCUT2D eigenvalue weighted by atomic mass is 32.2. The molecule has 0 amide bonds. The molecule has 1 aliphatic carbocycles. The molecule has 0 radical (unpaired) electrons. The van der Waals surface area contributed by atoms with Gasteiger partial charge < -0.3 is 15.5 Å². The molecule has 3 rings (SSSR count). The third-order valence-electron chi connectivity index (χ3n) is 4.94. The summed E-state index contributed by atoms with van der Waals surface area (Å²) < 4.78 is 2.21. The molecule has 6 heteroatoms. The largest absolute Gasteiger partial charge is 0.409 e. The van der Waals surface area contributed by atoms with Gasteiger partial charge in [-0.3, -0.25) is 4.79 Å². The Morgan fingerprint density at radius 2 is 2.07 bits per heavy atom. The molecular weight excluding hydrogens is 358 g/mol. The Morgan fingerprint density at radius 3 is 2.74 bits per heavy atom. The molecule has 1 aromatic heterocycles. The molecular formula is C21H27N3O2S. The molecule has 1 aromatic carbocycles. The number of carbonyl (C=O) groups is 1. The fourth-order valence-corrected chi connectivity index (χ4v) is 4.67. The average molecular weight is 386 g/mol. The van der Waals surface area contributed by atoms with Gasteiger partial charge in [-0.1, -0.05) is 25.9 Å². The van der Waals surface area contributed by atoms with Gasteiger partial charge in [0.25, 0.3) is 0 Å². The number of rotatable bonds is 5. The van der Waals surface area contributed by atoms with Crippen molar-refractivity contribution in [2.45, 2.75) is 51.9 Å². The van der Waals surface area contributed by atoms with Crippen molar-refractivity contribution in [3.8, 4) is 5.69 Å². The Labute approximate surface area is 164 Å². The summed E-state index contributed by atoms with van der Waals surface area (Å²) in [7, 11) is 0. The molecule has 144 valence electrons. The third kappa shape index (κ3) is 3.76. The van der Waals surface area contributed by atoms with E-state index >= 15 is 0 Å². The number of ketones is 1. The number of hydrogen-bond donors (Lipinski definition) is 2. The highest BCUT2D eigenvalue weighted by molar-refractivity contribution is 7.99. The summed E-state index contributed by atoms with van der Waals surface area (Å²) in [4.78, 5) is 13.7. The van der Waals surface area contributed by atoms with Crippen molar-refractivity contribution in [3.05, 3.63) is 46.8 Å². The number of Topliss-reactive ketones (excluding diaryl/α,β-unsaturated/α-hetero) is 1. The molecule has 0 fully saturated rings. The Kier molecular flexibility index (Phi) is 5.38. The molecule has 0 bridgehead atoms. The lowest BCUT2D eigenvalue weighted by atomic mass is 9.76. The molecule has 3 N–H and O–H groups in total. The van der Waals surface area contributed by atoms with Crippen molar-refractivity contribution >= 4 is 23.4 Å². The zero-order chi connectivity index (χ0) is 19.8. The van der Waals surface area contributed by atoms with E-state index in [1.807, 2.05) is 31.2 Å². The molecule has 0 spiro atoms. The van der Waals surface area contributed by atoms with Crippen LogP contribution in [0.4, 0.5) is 0 Å². The molecule has 0 unspecified atom stereocenters. The predicted molar refractivity (Wildman–Crippen MR) is 110 cm³/mol. The van der Waals surface area contributed by atoms with Gasteiger partial charge in [-0.15, -0.1) is 11.8 Å². The minimum atomic E-state index is -0.0444. The van der Waals surface area contributed by atoms with E-state index in [1.54, 1.807) is 11.8 Å². The summed E-state index contributed by atoms with van der Waals surface area (Å²) in [6, 6.07) is 7.84. The molecule has 2 aromatic rings. The first kappa shape index (κ1) is 19.5. The number of carbonyl (C=O) groups excluding carboxylic acids is 1. The molecule has 1 heterocycles. The second kappa shape index (κ2) is 7.43. The van der Waals surface area contributed by atoms with E-state index in [-0.39, 0.29) is 17.0 Å². The van der Waals surface area contributed by atoms with Gasteiger partial charge >= 0.3 is 0 Å². The van der Waals surface area contributed by atoms with Crippen LogP contribution in [0.15, 0.2) is 34.3 Å². The standard InChI is InChI=1S/C21H27N3O2S/c1-5-8-27-19-10-14(20(22)23-26)6-7-16(19)24-13(2)9-15-17(24)11-21(3,4)12-18(15)25/h6-7,9-10,26H,5,8,11-12H2,1-4H3,(H2,22,23). The number of aryl methyl sites for hydroxylation is 1. The van der Waals surface area contributed by atoms with Gasteiger partial charge in [0.15, 0.2) is 11.6 Å². The highest BCUT2D eigenvalue weighted by Gasteiger charge is 2.34. The number of nitrogens with zero attached hydrogens (tertiary/aromatic N) is 2. The lowest BCUT2D eigenvalue weighted by Crippen LogP contribution is -2.28. The van der Waals surface area contributed by atoms with E-state index in [0.717, 1.165) is 46.1 Å². The average Bonchev–Trinajstić information content (AvgIpc) is 2.94. The Morgan fingerprint density at radius 1 is 1.33 bits per heavy atom. The summed E-state index contributed by atoms with van der Waals surface area (Å²) in [5, 5.41) is 12.1. The van der Waals surface area contributed by atoms with Crippen LogP contribution in [0.1, 0.15) is 60.9 Å². The minimum absolute atomic E-state index is 0.0444. The first-order valence-electron chi connectivity index (χ1n) is 9.27. The van der Waals surface area contributed by atoms with Crippen molar-refractivity contribution < 1.29 is 10.0 Å². The number of oxime groups is 1. The number of nitrogens with two attached hydrogens (primary N) is 1. The summed E-state index contributed by atoms with van der Waals surface area (Å²) in [6.45, 7) is 8.48. The lowest BCUT2D eigenvalue weighted by Gasteiger charge is -2.30. The van der Waals surface area contributed by atoms with E-state index in [1.165, 1.54) is 0 Å². The van der Waals surface area contributed by atoms with Gasteiger partial charge in [0.2, 0.25) is 0 Å². The van der Waals surface area contributed by atoms with Crippen LogP contribution >= 0.6 is 11.8 Å². The second-order valence-corrected chi connectivity index (χ2v) is 9.08. The number of fused-ring (bicyclic) bond motifs is 1. The van der Waals surface area contributed by atoms with Crippen LogP contribution in [0.5, 0.6) is 0 Å². The van der Waals surface area contributed by atoms with Crippen LogP contribution in [0.2, 0.25) is 0 Å². The number of benzene rings is 1. The van der Waals surface area contributed by atoms with Gasteiger partial charge in [0, 0.05) is 33.8 Å². The van der Waals surface area contributed by atoms with E-state index in [2.05, 4.69) is 30.5 Å². The van der Waals surface area contributed by atoms with Gasteiger partial charge in [-0.2, -0.15) is 0 Å². The monoisotopic (exact) mass is 385 g/mol. The van der Waals surface area contributed by atoms with Gasteiger partial charge in [0.1, 0.15) is 0 Å². The maximum atomic E-state index is 12.7. The molecule has 0 saturated heterocycles. The molecule has 5 nitrogen and oxygen atoms in total. The smallest absolute Gasteiger partial charge is 0.170 e. The van der Waals surface area contributed by atoms with E-state index in [4.69, 9.17) is 10.9 Å². The van der Waals surface area contributed by atoms with Crippen LogP contribution in [0, 0.1) is 12.3 Å². The maximum Gasteiger partial charge on any atom is 0.170 e. The van der Waals surface area contributed by atoms with Crippen molar-refractivity contribution in [2.75, 3.05) is 5.75 Å². The number of aromatic nitrogens is 1. The van der Waals surface area contributed by atoms with E-state index in [0.29, 0.717) is 12.0 Å². The second-order valence-electron chi connectivity index (χ2n) is 7.94. The van der Waals surface area contributed by atoms with Crippen LogP contribution < -0.4 is 5.73 Å². The number of hydrogen-bond acceptors (Lipinski definition) is 4. The molecule has 27 heavy (non-hydrogen) atoms. The molecule has 0 atom stereocenters. The number of amidine groups is 1. The third-order valence-corrected chi connectivity index (χ3v) is 6.19. The highest BCUT2D eigenvalue weighted by Crippen LogP contribution is 2.39. The van der Waals surface area contributed by atoms with E-state index < -0.39 is 0 Å². The summed E-state index contributed by atoms with van der Waals surface area (Å²) in [6.07, 6.45) is 2.50. The first-order chi connectivity index (χ1) is 12.8. The normalized spacial score (nSPS) is 16.4. The number of thioether (sulfide) groups is 1. The first-order valence-corrected chi connectivity index (χ1v) is 10.3. The van der Waals surface area contributed by atoms with Crippen molar-refractivity contribution in [2.24, 2.45) is 16.3 Å². The minimum Gasteiger partial charge on any atom is -0.409 e. The lowest BCUT2D eigenvalue weighted by molar-refractivity contribution is 0.0911. The van der Waals surface area contributed by atoms with Crippen LogP contribution in [0.25, 0.3) is 5.69 Å². The zero-order valence-corrected chi connectivity index (χ0v) is 17.2. The van der Waals surface area contributed by atoms with Crippen LogP contribution in [-0.4, -0.2) is 27.1 Å². The van der Waals surface area contributed by atoms with Crippen molar-refractivity contribution in [1.29, 1.82) is 0 Å². The van der Waals surface area contributed by atoms with Crippen molar-refractivity contribution in [1.82, 2.24) is 4.57 Å². The van der Waals surface area contributed by atoms with Gasteiger partial charge in [0.05, 0.1) is 5.69 Å². The van der Waals surface area contributed by atoms with Crippen LogP contribution in [-0.2, 0) is 6.42 Å². The summed E-state index contributed by atoms with van der Waals surface area (Å²) in [5.41, 5.74) is 10.5. The quantitative estimate of drug-likeness (QED) is 0.260. The van der Waals surface area contributed by atoms with Crippen LogP contribution in [0.3, 0.4) is 0 Å². The molecule has 0 aliphatic heterocycles. The summed E-state index contributed by atoms with van der Waals surface area (Å²) in [5.74, 6) is 1.29. The fourth-order valence-electron chi connectivity index (χ4n) is 3.73. The SMILES string of the molecule is CCCSc1cc(C(N)=NO)ccc1-n1c(C)cc2c1CC(C)(C)CC2=O. The fraction of sp³-hybridized carbons (Fsp3) is 0.429.